The quantitative estimate of drug-likeness (QED) is 0.831. The van der Waals surface area contributed by atoms with Gasteiger partial charge in [0.2, 0.25) is 0 Å². The molecule has 0 aliphatic carbocycles. The van der Waals surface area contributed by atoms with Gasteiger partial charge in [0.1, 0.15) is 22.1 Å². The fourth-order valence-corrected chi connectivity index (χ4v) is 2.72. The fraction of sp³-hybridized carbons (Fsp3) is 0.357. The molecule has 0 N–H and O–H groups in total. The average Bonchev–Trinajstić information content (AvgIpc) is 2.49. The zero-order chi connectivity index (χ0) is 14.8. The molecule has 1 atom stereocenters. The molecule has 2 aromatic rings. The highest BCUT2D eigenvalue weighted by atomic mass is 79.9. The van der Waals surface area contributed by atoms with Crippen LogP contribution in [0.1, 0.15) is 6.92 Å². The summed E-state index contributed by atoms with van der Waals surface area (Å²) >= 11 is 3.29. The Morgan fingerprint density at radius 2 is 1.90 bits per heavy atom. The average molecular weight is 352 g/mol. The third-order valence-electron chi connectivity index (χ3n) is 3.56. The van der Waals surface area contributed by atoms with Crippen molar-refractivity contribution in [3.8, 4) is 0 Å². The fourth-order valence-electron chi connectivity index (χ4n) is 2.51. The summed E-state index contributed by atoms with van der Waals surface area (Å²) in [7, 11) is 0. The second kappa shape index (κ2) is 5.93. The van der Waals surface area contributed by atoms with Gasteiger partial charge in [0.05, 0.1) is 18.6 Å². The lowest BCUT2D eigenvalue weighted by Gasteiger charge is -2.40. The van der Waals surface area contributed by atoms with E-state index in [1.165, 1.54) is 12.3 Å². The van der Waals surface area contributed by atoms with Crippen LogP contribution in [-0.2, 0) is 0 Å². The van der Waals surface area contributed by atoms with Crippen LogP contribution in [0.25, 0.3) is 0 Å². The first-order valence-corrected chi connectivity index (χ1v) is 7.53. The molecule has 2 aromatic heterocycles. The topological polar surface area (TPSA) is 45.2 Å². The Morgan fingerprint density at radius 1 is 1.10 bits per heavy atom. The molecule has 1 fully saturated rings. The van der Waals surface area contributed by atoms with Gasteiger partial charge in [0, 0.05) is 25.7 Å². The Morgan fingerprint density at radius 3 is 2.52 bits per heavy atom. The minimum absolute atomic E-state index is 0.266. The Balaban J connectivity index is 1.72. The molecule has 0 spiro atoms. The molecule has 0 saturated carbocycles. The molecule has 0 unspecified atom stereocenters. The molecule has 3 heterocycles. The first-order valence-electron chi connectivity index (χ1n) is 6.74. The van der Waals surface area contributed by atoms with Crippen molar-refractivity contribution in [3.05, 3.63) is 41.1 Å². The first kappa shape index (κ1) is 14.2. The lowest BCUT2D eigenvalue weighted by Crippen LogP contribution is -2.52. The number of piperazine rings is 1. The van der Waals surface area contributed by atoms with Crippen molar-refractivity contribution in [1.29, 1.82) is 0 Å². The largest absolute Gasteiger partial charge is 0.352 e. The number of hydrogen-bond donors (Lipinski definition) is 0. The molecule has 1 aliphatic heterocycles. The number of aromatic nitrogens is 3. The summed E-state index contributed by atoms with van der Waals surface area (Å²) in [5.74, 6) is 1.37. The van der Waals surface area contributed by atoms with E-state index in [2.05, 4.69) is 47.6 Å². The molecule has 21 heavy (non-hydrogen) atoms. The highest BCUT2D eigenvalue weighted by molar-refractivity contribution is 9.10. The molecule has 7 heteroatoms. The molecule has 0 amide bonds. The molecular weight excluding hydrogens is 337 g/mol. The minimum atomic E-state index is -0.310. The van der Waals surface area contributed by atoms with Crippen molar-refractivity contribution in [2.75, 3.05) is 29.4 Å². The van der Waals surface area contributed by atoms with Crippen molar-refractivity contribution in [3.63, 3.8) is 0 Å². The van der Waals surface area contributed by atoms with Crippen LogP contribution >= 0.6 is 15.9 Å². The number of halogens is 2. The number of rotatable bonds is 2. The summed E-state index contributed by atoms with van der Waals surface area (Å²) in [6, 6.07) is 3.44. The van der Waals surface area contributed by atoms with E-state index in [1.54, 1.807) is 18.5 Å². The predicted molar refractivity (Wildman–Crippen MR) is 82.9 cm³/mol. The summed E-state index contributed by atoms with van der Waals surface area (Å²) in [5.41, 5.74) is 0. The molecule has 0 radical (unpaired) electrons. The van der Waals surface area contributed by atoms with Crippen LogP contribution in [-0.4, -0.2) is 40.6 Å². The molecule has 1 saturated heterocycles. The van der Waals surface area contributed by atoms with Crippen molar-refractivity contribution in [2.24, 2.45) is 0 Å². The molecule has 1 aliphatic rings. The van der Waals surface area contributed by atoms with Gasteiger partial charge in [-0.2, -0.15) is 0 Å². The van der Waals surface area contributed by atoms with Gasteiger partial charge in [0.25, 0.3) is 0 Å². The van der Waals surface area contributed by atoms with Gasteiger partial charge in [0.15, 0.2) is 0 Å². The predicted octanol–water partition coefficient (Wildman–Crippen LogP) is 2.49. The standard InChI is InChI=1S/C14H15BrFN5/c1-10-9-20(14-8-17-12(15)7-19-14)4-5-21(10)13-3-2-11(16)6-18-13/h2-3,6-8,10H,4-5,9H2,1H3/t10-/m1/s1. The van der Waals surface area contributed by atoms with Crippen molar-refractivity contribution in [1.82, 2.24) is 15.0 Å². The highest BCUT2D eigenvalue weighted by Crippen LogP contribution is 2.21. The SMILES string of the molecule is C[C@@H]1CN(c2cnc(Br)cn2)CCN1c1ccc(F)cn1. The van der Waals surface area contributed by atoms with Crippen LogP contribution in [0, 0.1) is 5.82 Å². The molecule has 5 nitrogen and oxygen atoms in total. The maximum Gasteiger partial charge on any atom is 0.147 e. The van der Waals surface area contributed by atoms with E-state index >= 15 is 0 Å². The number of pyridine rings is 1. The molecule has 0 bridgehead atoms. The molecule has 110 valence electrons. The number of anilines is 2. The van der Waals surface area contributed by atoms with E-state index in [1.807, 2.05) is 0 Å². The van der Waals surface area contributed by atoms with Crippen LogP contribution in [0.2, 0.25) is 0 Å². The summed E-state index contributed by atoms with van der Waals surface area (Å²) in [4.78, 5) is 17.1. The van der Waals surface area contributed by atoms with E-state index in [0.29, 0.717) is 0 Å². The van der Waals surface area contributed by atoms with E-state index < -0.39 is 0 Å². The van der Waals surface area contributed by atoms with Crippen LogP contribution in [0.5, 0.6) is 0 Å². The van der Waals surface area contributed by atoms with Crippen LogP contribution in [0.4, 0.5) is 16.0 Å². The lowest BCUT2D eigenvalue weighted by atomic mass is 10.2. The minimum Gasteiger partial charge on any atom is -0.352 e. The Bertz CT molecular complexity index is 604. The normalized spacial score (nSPS) is 18.9. The van der Waals surface area contributed by atoms with Gasteiger partial charge in [-0.3, -0.25) is 0 Å². The third-order valence-corrected chi connectivity index (χ3v) is 3.97. The Kier molecular flexibility index (Phi) is 4.01. The maximum atomic E-state index is 13.0. The Labute approximate surface area is 131 Å². The summed E-state index contributed by atoms with van der Waals surface area (Å²) in [6.45, 7) is 4.61. The smallest absolute Gasteiger partial charge is 0.147 e. The summed E-state index contributed by atoms with van der Waals surface area (Å²) in [6.07, 6.45) is 4.73. The molecule has 0 aromatic carbocycles. The third kappa shape index (κ3) is 3.12. The number of nitrogens with zero attached hydrogens (tertiary/aromatic N) is 5. The first-order chi connectivity index (χ1) is 10.1. The zero-order valence-corrected chi connectivity index (χ0v) is 13.2. The van der Waals surface area contributed by atoms with Crippen LogP contribution in [0.15, 0.2) is 35.3 Å². The van der Waals surface area contributed by atoms with E-state index in [0.717, 1.165) is 35.9 Å². The lowest BCUT2D eigenvalue weighted by molar-refractivity contribution is 0.540. The van der Waals surface area contributed by atoms with Gasteiger partial charge >= 0.3 is 0 Å². The highest BCUT2D eigenvalue weighted by Gasteiger charge is 2.25. The van der Waals surface area contributed by atoms with Crippen molar-refractivity contribution >= 4 is 27.6 Å². The monoisotopic (exact) mass is 351 g/mol. The zero-order valence-electron chi connectivity index (χ0n) is 11.6. The van der Waals surface area contributed by atoms with Crippen molar-refractivity contribution in [2.45, 2.75) is 13.0 Å². The van der Waals surface area contributed by atoms with Gasteiger partial charge < -0.3 is 9.80 Å². The van der Waals surface area contributed by atoms with Gasteiger partial charge in [-0.25, -0.2) is 19.3 Å². The Hall–Kier alpha value is -1.76. The number of hydrogen-bond acceptors (Lipinski definition) is 5. The van der Waals surface area contributed by atoms with Crippen molar-refractivity contribution < 1.29 is 4.39 Å². The maximum absolute atomic E-state index is 13.0. The van der Waals surface area contributed by atoms with E-state index in [-0.39, 0.29) is 11.9 Å². The van der Waals surface area contributed by atoms with E-state index in [4.69, 9.17) is 0 Å². The summed E-state index contributed by atoms with van der Waals surface area (Å²) < 4.78 is 13.7. The molecule has 3 rings (SSSR count). The molecular formula is C14H15BrFN5. The van der Waals surface area contributed by atoms with Gasteiger partial charge in [-0.05, 0) is 35.0 Å². The van der Waals surface area contributed by atoms with Crippen LogP contribution in [0.3, 0.4) is 0 Å². The van der Waals surface area contributed by atoms with Crippen LogP contribution < -0.4 is 9.80 Å². The second-order valence-corrected chi connectivity index (χ2v) is 5.83. The van der Waals surface area contributed by atoms with Gasteiger partial charge in [-0.15, -0.1) is 0 Å². The summed E-state index contributed by atoms with van der Waals surface area (Å²) in [5, 5.41) is 0. The second-order valence-electron chi connectivity index (χ2n) is 5.02. The van der Waals surface area contributed by atoms with E-state index in [9.17, 15) is 4.39 Å². The van der Waals surface area contributed by atoms with Gasteiger partial charge in [-0.1, -0.05) is 0 Å².